The van der Waals surface area contributed by atoms with Crippen LogP contribution in [-0.4, -0.2) is 24.7 Å². The van der Waals surface area contributed by atoms with Gasteiger partial charge in [0.25, 0.3) is 0 Å². The molecule has 0 aliphatic carbocycles. The lowest BCUT2D eigenvalue weighted by molar-refractivity contribution is -0.120. The van der Waals surface area contributed by atoms with E-state index in [1.807, 2.05) is 0 Å². The van der Waals surface area contributed by atoms with Gasteiger partial charge in [-0.2, -0.15) is 0 Å². The largest absolute Gasteiger partial charge is 0.381 e. The van der Waals surface area contributed by atoms with Gasteiger partial charge in [-0.25, -0.2) is 0 Å². The van der Waals surface area contributed by atoms with Gasteiger partial charge in [-0.1, -0.05) is 13.8 Å². The van der Waals surface area contributed by atoms with Gasteiger partial charge in [0.15, 0.2) is 0 Å². The van der Waals surface area contributed by atoms with Crippen LogP contribution in [0.3, 0.4) is 0 Å². The predicted octanol–water partition coefficient (Wildman–Crippen LogP) is 1.72. The summed E-state index contributed by atoms with van der Waals surface area (Å²) < 4.78 is 5.41. The Morgan fingerprint density at radius 3 is 2.87 bits per heavy atom. The topological polar surface area (TPSA) is 38.3 Å². The molecule has 0 spiro atoms. The Bertz CT molecular complexity index is 246. The third-order valence-corrected chi connectivity index (χ3v) is 3.97. The average molecular weight is 211 g/mol. The fourth-order valence-electron chi connectivity index (χ4n) is 2.82. The highest BCUT2D eigenvalue weighted by atomic mass is 16.5. The molecule has 3 heteroatoms. The molecule has 0 aromatic heterocycles. The van der Waals surface area contributed by atoms with Crippen LogP contribution in [0.2, 0.25) is 0 Å². The van der Waals surface area contributed by atoms with Crippen molar-refractivity contribution in [3.8, 4) is 0 Å². The number of carbonyl (C=O) groups excluding carboxylic acids is 1. The number of carbonyl (C=O) groups is 1. The summed E-state index contributed by atoms with van der Waals surface area (Å²) in [4.78, 5) is 11.4. The normalized spacial score (nSPS) is 36.2. The SMILES string of the molecule is CC(C)C1(CC2CCOC2)CCC(=O)N1. The lowest BCUT2D eigenvalue weighted by atomic mass is 9.77. The van der Waals surface area contributed by atoms with Gasteiger partial charge in [0.2, 0.25) is 5.91 Å². The lowest BCUT2D eigenvalue weighted by Gasteiger charge is -2.35. The highest BCUT2D eigenvalue weighted by molar-refractivity contribution is 5.79. The predicted molar refractivity (Wildman–Crippen MR) is 58.5 cm³/mol. The van der Waals surface area contributed by atoms with Gasteiger partial charge in [-0.05, 0) is 31.1 Å². The van der Waals surface area contributed by atoms with Gasteiger partial charge < -0.3 is 10.1 Å². The first kappa shape index (κ1) is 10.9. The van der Waals surface area contributed by atoms with E-state index in [9.17, 15) is 4.79 Å². The van der Waals surface area contributed by atoms with Crippen molar-refractivity contribution in [1.29, 1.82) is 0 Å². The van der Waals surface area contributed by atoms with E-state index in [2.05, 4.69) is 19.2 Å². The molecule has 2 atom stereocenters. The minimum Gasteiger partial charge on any atom is -0.381 e. The van der Waals surface area contributed by atoms with Crippen LogP contribution in [0, 0.1) is 11.8 Å². The maximum atomic E-state index is 11.4. The van der Waals surface area contributed by atoms with Crippen LogP contribution in [0.5, 0.6) is 0 Å². The summed E-state index contributed by atoms with van der Waals surface area (Å²) in [5.74, 6) is 1.39. The van der Waals surface area contributed by atoms with Crippen LogP contribution in [-0.2, 0) is 9.53 Å². The van der Waals surface area contributed by atoms with Crippen molar-refractivity contribution >= 4 is 5.91 Å². The highest BCUT2D eigenvalue weighted by Gasteiger charge is 2.42. The lowest BCUT2D eigenvalue weighted by Crippen LogP contribution is -2.47. The molecule has 2 saturated heterocycles. The average Bonchev–Trinajstić information content (AvgIpc) is 2.77. The van der Waals surface area contributed by atoms with Crippen molar-refractivity contribution in [3.63, 3.8) is 0 Å². The number of rotatable bonds is 3. The Morgan fingerprint density at radius 2 is 2.40 bits per heavy atom. The molecular weight excluding hydrogens is 190 g/mol. The van der Waals surface area contributed by atoms with Crippen molar-refractivity contribution in [2.75, 3.05) is 13.2 Å². The molecule has 15 heavy (non-hydrogen) atoms. The summed E-state index contributed by atoms with van der Waals surface area (Å²) in [7, 11) is 0. The molecule has 0 aromatic carbocycles. The van der Waals surface area contributed by atoms with Crippen molar-refractivity contribution in [2.45, 2.75) is 45.1 Å². The Morgan fingerprint density at radius 1 is 1.60 bits per heavy atom. The van der Waals surface area contributed by atoms with Gasteiger partial charge in [-0.15, -0.1) is 0 Å². The van der Waals surface area contributed by atoms with E-state index in [-0.39, 0.29) is 11.4 Å². The van der Waals surface area contributed by atoms with Gasteiger partial charge in [0.1, 0.15) is 0 Å². The summed E-state index contributed by atoms with van der Waals surface area (Å²) >= 11 is 0. The second kappa shape index (κ2) is 4.12. The molecule has 3 nitrogen and oxygen atoms in total. The van der Waals surface area contributed by atoms with Crippen LogP contribution in [0.25, 0.3) is 0 Å². The maximum Gasteiger partial charge on any atom is 0.220 e. The van der Waals surface area contributed by atoms with Crippen molar-refractivity contribution in [3.05, 3.63) is 0 Å². The first-order valence-corrected chi connectivity index (χ1v) is 6.01. The fourth-order valence-corrected chi connectivity index (χ4v) is 2.82. The Kier molecular flexibility index (Phi) is 3.01. The molecule has 2 aliphatic rings. The molecule has 1 N–H and O–H groups in total. The zero-order valence-electron chi connectivity index (χ0n) is 9.71. The molecule has 2 aliphatic heterocycles. The molecule has 1 amide bonds. The van der Waals surface area contributed by atoms with E-state index in [0.717, 1.165) is 32.5 Å². The van der Waals surface area contributed by atoms with Gasteiger partial charge in [0, 0.05) is 25.2 Å². The molecule has 0 radical (unpaired) electrons. The summed E-state index contributed by atoms with van der Waals surface area (Å²) in [5, 5.41) is 3.20. The summed E-state index contributed by atoms with van der Waals surface area (Å²) in [6.45, 7) is 6.19. The van der Waals surface area contributed by atoms with E-state index in [1.54, 1.807) is 0 Å². The first-order valence-electron chi connectivity index (χ1n) is 6.01. The van der Waals surface area contributed by atoms with Crippen LogP contribution >= 0.6 is 0 Å². The van der Waals surface area contributed by atoms with Crippen LogP contribution in [0.15, 0.2) is 0 Å². The van der Waals surface area contributed by atoms with E-state index in [4.69, 9.17) is 4.74 Å². The van der Waals surface area contributed by atoms with Crippen LogP contribution < -0.4 is 5.32 Å². The van der Waals surface area contributed by atoms with Crippen LogP contribution in [0.4, 0.5) is 0 Å². The van der Waals surface area contributed by atoms with Crippen molar-refractivity contribution < 1.29 is 9.53 Å². The number of hydrogen-bond donors (Lipinski definition) is 1. The molecule has 0 aromatic rings. The fraction of sp³-hybridized carbons (Fsp3) is 0.917. The third kappa shape index (κ3) is 2.17. The smallest absolute Gasteiger partial charge is 0.220 e. The summed E-state index contributed by atoms with van der Waals surface area (Å²) in [5.41, 5.74) is 0.0510. The van der Waals surface area contributed by atoms with E-state index in [0.29, 0.717) is 18.3 Å². The number of hydrogen-bond acceptors (Lipinski definition) is 2. The van der Waals surface area contributed by atoms with E-state index >= 15 is 0 Å². The van der Waals surface area contributed by atoms with E-state index in [1.165, 1.54) is 0 Å². The first-order chi connectivity index (χ1) is 7.12. The highest BCUT2D eigenvalue weighted by Crippen LogP contribution is 2.36. The minimum atomic E-state index is 0.0510. The maximum absolute atomic E-state index is 11.4. The van der Waals surface area contributed by atoms with Gasteiger partial charge in [-0.3, -0.25) is 4.79 Å². The third-order valence-electron chi connectivity index (χ3n) is 3.97. The minimum absolute atomic E-state index is 0.0510. The van der Waals surface area contributed by atoms with E-state index < -0.39 is 0 Å². The summed E-state index contributed by atoms with van der Waals surface area (Å²) in [6, 6.07) is 0. The molecule has 2 fully saturated rings. The second-order valence-electron chi connectivity index (χ2n) is 5.29. The molecule has 86 valence electrons. The van der Waals surface area contributed by atoms with Crippen molar-refractivity contribution in [2.24, 2.45) is 11.8 Å². The van der Waals surface area contributed by atoms with Gasteiger partial charge >= 0.3 is 0 Å². The Hall–Kier alpha value is -0.570. The monoisotopic (exact) mass is 211 g/mol. The second-order valence-corrected chi connectivity index (χ2v) is 5.29. The van der Waals surface area contributed by atoms with Crippen LogP contribution in [0.1, 0.15) is 39.5 Å². The molecule has 2 unspecified atom stereocenters. The number of ether oxygens (including phenoxy) is 1. The van der Waals surface area contributed by atoms with Crippen molar-refractivity contribution in [1.82, 2.24) is 5.32 Å². The quantitative estimate of drug-likeness (QED) is 0.772. The Labute approximate surface area is 91.6 Å². The number of amides is 1. The molecular formula is C12H21NO2. The molecule has 0 saturated carbocycles. The molecule has 2 rings (SSSR count). The number of nitrogens with one attached hydrogen (secondary N) is 1. The molecule has 2 heterocycles. The zero-order valence-corrected chi connectivity index (χ0v) is 9.71. The van der Waals surface area contributed by atoms with Gasteiger partial charge in [0.05, 0.1) is 0 Å². The summed E-state index contributed by atoms with van der Waals surface area (Å²) in [6.07, 6.45) is 3.95. The standard InChI is InChI=1S/C12H21NO2/c1-9(2)12(5-3-11(14)13-12)7-10-4-6-15-8-10/h9-10H,3-8H2,1-2H3,(H,13,14). The Balaban J connectivity index is 2.02. The zero-order chi connectivity index (χ0) is 10.9. The molecule has 0 bridgehead atoms.